The molecule has 1 amide bonds. The first-order valence-electron chi connectivity index (χ1n) is 6.80. The number of anilines is 3. The zero-order valence-corrected chi connectivity index (χ0v) is 13.2. The number of carbonyl (C=O) groups is 1. The molecule has 0 aromatic heterocycles. The van der Waals surface area contributed by atoms with E-state index in [0.29, 0.717) is 22.1 Å². The van der Waals surface area contributed by atoms with Crippen molar-refractivity contribution in [3.05, 3.63) is 64.8 Å². The maximum Gasteiger partial charge on any atom is 0.267 e. The van der Waals surface area contributed by atoms with Gasteiger partial charge in [-0.3, -0.25) is 4.79 Å². The largest absolute Gasteiger partial charge is 0.399 e. The lowest BCUT2D eigenvalue weighted by atomic mass is 10.2. The molecule has 0 aliphatic carbocycles. The van der Waals surface area contributed by atoms with E-state index in [2.05, 4.69) is 10.6 Å². The molecule has 0 saturated heterocycles. The lowest BCUT2D eigenvalue weighted by Gasteiger charge is -2.08. The van der Waals surface area contributed by atoms with Gasteiger partial charge in [0, 0.05) is 17.6 Å². The number of hydrogen-bond acceptors (Lipinski definition) is 4. The van der Waals surface area contributed by atoms with Crippen molar-refractivity contribution in [2.24, 2.45) is 0 Å². The average molecular weight is 327 g/mol. The molecule has 0 unspecified atom stereocenters. The minimum absolute atomic E-state index is 0.0684. The Morgan fingerprint density at radius 3 is 2.65 bits per heavy atom. The van der Waals surface area contributed by atoms with E-state index < -0.39 is 5.91 Å². The maximum atomic E-state index is 12.2. The van der Waals surface area contributed by atoms with E-state index in [-0.39, 0.29) is 5.57 Å². The van der Waals surface area contributed by atoms with E-state index in [9.17, 15) is 4.79 Å². The predicted molar refractivity (Wildman–Crippen MR) is 93.0 cm³/mol. The fraction of sp³-hybridized carbons (Fsp3) is 0.0588. The Bertz CT molecular complexity index is 808. The Labute approximate surface area is 139 Å². The summed E-state index contributed by atoms with van der Waals surface area (Å²) in [6.45, 7) is 1.87. The summed E-state index contributed by atoms with van der Waals surface area (Å²) >= 11 is 6.03. The molecule has 0 spiro atoms. The highest BCUT2D eigenvalue weighted by Crippen LogP contribution is 2.24. The number of nitrogens with zero attached hydrogens (tertiary/aromatic N) is 1. The van der Waals surface area contributed by atoms with Crippen LogP contribution in [0.4, 0.5) is 17.1 Å². The second kappa shape index (κ2) is 7.34. The molecule has 0 radical (unpaired) electrons. The normalized spacial score (nSPS) is 10.7. The number of nitrogen functional groups attached to an aromatic ring is 1. The minimum atomic E-state index is -0.499. The van der Waals surface area contributed by atoms with Crippen molar-refractivity contribution in [1.29, 1.82) is 5.26 Å². The number of rotatable bonds is 4. The van der Waals surface area contributed by atoms with Crippen molar-refractivity contribution in [2.45, 2.75) is 6.92 Å². The number of para-hydroxylation sites is 1. The lowest BCUT2D eigenvalue weighted by molar-refractivity contribution is -0.112. The van der Waals surface area contributed by atoms with Gasteiger partial charge in [-0.15, -0.1) is 0 Å². The van der Waals surface area contributed by atoms with Crippen molar-refractivity contribution < 1.29 is 4.79 Å². The summed E-state index contributed by atoms with van der Waals surface area (Å²) in [4.78, 5) is 12.2. The highest BCUT2D eigenvalue weighted by atomic mass is 35.5. The van der Waals surface area contributed by atoms with Crippen molar-refractivity contribution in [1.82, 2.24) is 0 Å². The van der Waals surface area contributed by atoms with Crippen LogP contribution in [0.15, 0.2) is 54.2 Å². The van der Waals surface area contributed by atoms with Crippen LogP contribution in [0.25, 0.3) is 0 Å². The molecule has 0 aliphatic rings. The van der Waals surface area contributed by atoms with Crippen molar-refractivity contribution in [3.8, 4) is 6.07 Å². The molecule has 0 saturated carbocycles. The molecule has 23 heavy (non-hydrogen) atoms. The number of nitrogens with one attached hydrogen (secondary N) is 2. The number of aryl methyl sites for hydroxylation is 1. The van der Waals surface area contributed by atoms with Crippen LogP contribution >= 0.6 is 11.6 Å². The number of amides is 1. The Kier molecular flexibility index (Phi) is 5.23. The van der Waals surface area contributed by atoms with E-state index in [1.165, 1.54) is 6.20 Å². The molecule has 6 heteroatoms. The highest BCUT2D eigenvalue weighted by Gasteiger charge is 2.10. The van der Waals surface area contributed by atoms with Gasteiger partial charge < -0.3 is 16.4 Å². The summed E-state index contributed by atoms with van der Waals surface area (Å²) in [5, 5.41) is 15.1. The Morgan fingerprint density at radius 1 is 1.26 bits per heavy atom. The Morgan fingerprint density at radius 2 is 2.00 bits per heavy atom. The van der Waals surface area contributed by atoms with Gasteiger partial charge in [0.05, 0.1) is 10.7 Å². The van der Waals surface area contributed by atoms with Crippen LogP contribution in [0.3, 0.4) is 0 Å². The molecule has 0 heterocycles. The van der Waals surface area contributed by atoms with Gasteiger partial charge in [-0.1, -0.05) is 29.8 Å². The van der Waals surface area contributed by atoms with Crippen molar-refractivity contribution in [2.75, 3.05) is 16.4 Å². The van der Waals surface area contributed by atoms with Crippen LogP contribution in [0.1, 0.15) is 5.56 Å². The molecule has 2 rings (SSSR count). The highest BCUT2D eigenvalue weighted by molar-refractivity contribution is 6.33. The molecule has 0 bridgehead atoms. The summed E-state index contributed by atoms with van der Waals surface area (Å²) in [7, 11) is 0. The number of halogens is 1. The van der Waals surface area contributed by atoms with Crippen LogP contribution in [0.2, 0.25) is 5.02 Å². The van der Waals surface area contributed by atoms with E-state index in [4.69, 9.17) is 22.6 Å². The van der Waals surface area contributed by atoms with Crippen LogP contribution in [0.5, 0.6) is 0 Å². The monoisotopic (exact) mass is 326 g/mol. The van der Waals surface area contributed by atoms with Gasteiger partial charge >= 0.3 is 0 Å². The van der Waals surface area contributed by atoms with Crippen molar-refractivity contribution >= 4 is 34.6 Å². The molecular formula is C17H15ClN4O. The fourth-order valence-electron chi connectivity index (χ4n) is 1.85. The first kappa shape index (κ1) is 16.4. The number of nitrogens with two attached hydrogens (primary N) is 1. The Hall–Kier alpha value is -2.97. The van der Waals surface area contributed by atoms with Gasteiger partial charge in [0.2, 0.25) is 0 Å². The third kappa shape index (κ3) is 4.25. The van der Waals surface area contributed by atoms with Crippen LogP contribution in [-0.2, 0) is 4.79 Å². The molecule has 0 aliphatic heterocycles. The van der Waals surface area contributed by atoms with Gasteiger partial charge in [0.1, 0.15) is 11.6 Å². The topological polar surface area (TPSA) is 90.9 Å². The van der Waals surface area contributed by atoms with E-state index in [1.54, 1.807) is 24.3 Å². The van der Waals surface area contributed by atoms with Gasteiger partial charge in [-0.25, -0.2) is 0 Å². The van der Waals surface area contributed by atoms with Gasteiger partial charge in [-0.05, 0) is 36.8 Å². The molecule has 0 fully saturated rings. The lowest BCUT2D eigenvalue weighted by Crippen LogP contribution is -2.15. The smallest absolute Gasteiger partial charge is 0.267 e. The summed E-state index contributed by atoms with van der Waals surface area (Å²) in [6.07, 6.45) is 1.31. The van der Waals surface area contributed by atoms with E-state index in [1.807, 2.05) is 31.2 Å². The van der Waals surface area contributed by atoms with Crippen LogP contribution in [-0.4, -0.2) is 5.91 Å². The van der Waals surface area contributed by atoms with Gasteiger partial charge in [0.15, 0.2) is 0 Å². The van der Waals surface area contributed by atoms with Crippen LogP contribution < -0.4 is 16.4 Å². The molecular weight excluding hydrogens is 312 g/mol. The quantitative estimate of drug-likeness (QED) is 0.454. The molecule has 4 N–H and O–H groups in total. The molecule has 2 aromatic rings. The standard InChI is InChI=1S/C17H15ClN4O/c1-11-4-2-3-5-15(11)22-17(23)12(9-19)10-21-16-7-6-13(20)8-14(16)18/h2-8,10,21H,20H2,1H3,(H,22,23)/b12-10-. The van der Waals surface area contributed by atoms with Gasteiger partial charge in [0.25, 0.3) is 5.91 Å². The van der Waals surface area contributed by atoms with Crippen molar-refractivity contribution in [3.63, 3.8) is 0 Å². The summed E-state index contributed by atoms with van der Waals surface area (Å²) in [5.74, 6) is -0.499. The molecule has 5 nitrogen and oxygen atoms in total. The summed E-state index contributed by atoms with van der Waals surface area (Å²) in [6, 6.07) is 14.1. The zero-order chi connectivity index (χ0) is 16.8. The number of carbonyl (C=O) groups excluding carboxylic acids is 1. The predicted octanol–water partition coefficient (Wildman–Crippen LogP) is 3.69. The average Bonchev–Trinajstić information content (AvgIpc) is 2.52. The third-order valence-corrected chi connectivity index (χ3v) is 3.44. The van der Waals surface area contributed by atoms with Crippen LogP contribution in [0, 0.1) is 18.3 Å². The molecule has 0 atom stereocenters. The summed E-state index contributed by atoms with van der Waals surface area (Å²) in [5.41, 5.74) is 8.19. The first-order chi connectivity index (χ1) is 11.0. The summed E-state index contributed by atoms with van der Waals surface area (Å²) < 4.78 is 0. The van der Waals surface area contributed by atoms with E-state index >= 15 is 0 Å². The minimum Gasteiger partial charge on any atom is -0.399 e. The third-order valence-electron chi connectivity index (χ3n) is 3.12. The maximum absolute atomic E-state index is 12.2. The number of benzene rings is 2. The fourth-order valence-corrected chi connectivity index (χ4v) is 2.09. The Balaban J connectivity index is 2.14. The first-order valence-corrected chi connectivity index (χ1v) is 7.18. The van der Waals surface area contributed by atoms with Gasteiger partial charge in [-0.2, -0.15) is 5.26 Å². The molecule has 116 valence electrons. The molecule has 2 aromatic carbocycles. The zero-order valence-electron chi connectivity index (χ0n) is 12.4. The number of nitriles is 1. The second-order valence-electron chi connectivity index (χ2n) is 4.82. The number of hydrogen-bond donors (Lipinski definition) is 3. The second-order valence-corrected chi connectivity index (χ2v) is 5.23. The van der Waals surface area contributed by atoms with E-state index in [0.717, 1.165) is 5.56 Å². The SMILES string of the molecule is Cc1ccccc1NC(=O)/C(C#N)=C\Nc1ccc(N)cc1Cl.